The molecule has 3 rings (SSSR count). The van der Waals surface area contributed by atoms with Gasteiger partial charge in [0.25, 0.3) is 5.91 Å². The van der Waals surface area contributed by atoms with Gasteiger partial charge in [-0.15, -0.1) is 23.5 Å². The summed E-state index contributed by atoms with van der Waals surface area (Å²) in [5.74, 6) is 2.13. The lowest BCUT2D eigenvalue weighted by Crippen LogP contribution is -2.24. The molecule has 0 saturated carbocycles. The summed E-state index contributed by atoms with van der Waals surface area (Å²) in [6, 6.07) is 5.59. The molecule has 5 heteroatoms. The van der Waals surface area contributed by atoms with Crippen LogP contribution in [0.4, 0.5) is 5.69 Å². The average molecular weight is 258 g/mol. The van der Waals surface area contributed by atoms with Crippen molar-refractivity contribution in [2.75, 3.05) is 16.8 Å². The molecule has 2 nitrogen and oxygen atoms in total. The van der Waals surface area contributed by atoms with Crippen LogP contribution in [-0.2, 0) is 8.87 Å². The Morgan fingerprint density at radius 2 is 2.07 bits per heavy atom. The smallest absolute Gasteiger partial charge is 0.255 e. The van der Waals surface area contributed by atoms with Crippen LogP contribution in [0.25, 0.3) is 0 Å². The van der Waals surface area contributed by atoms with Crippen molar-refractivity contribution in [3.05, 3.63) is 28.8 Å². The Balaban J connectivity index is 2.19. The molecule has 1 amide bonds. The van der Waals surface area contributed by atoms with Gasteiger partial charge >= 0.3 is 0 Å². The minimum Gasteiger partial charge on any atom is -0.323 e. The summed E-state index contributed by atoms with van der Waals surface area (Å²) < 4.78 is -0.430. The molecule has 1 spiro atoms. The highest BCUT2D eigenvalue weighted by Gasteiger charge is 2.50. The molecule has 1 aromatic rings. The molecule has 0 aliphatic carbocycles. The van der Waals surface area contributed by atoms with Gasteiger partial charge in [-0.2, -0.15) is 0 Å². The van der Waals surface area contributed by atoms with E-state index in [1.807, 2.05) is 18.2 Å². The predicted molar refractivity (Wildman–Crippen MR) is 66.7 cm³/mol. The highest BCUT2D eigenvalue weighted by Crippen LogP contribution is 2.57. The SMILES string of the molecule is O=C1Nc2ccc(Cl)cc2C12SCCS2. The van der Waals surface area contributed by atoms with E-state index in [-0.39, 0.29) is 5.91 Å². The van der Waals surface area contributed by atoms with Crippen LogP contribution in [0.2, 0.25) is 5.02 Å². The summed E-state index contributed by atoms with van der Waals surface area (Å²) in [6.45, 7) is 0. The topological polar surface area (TPSA) is 29.1 Å². The fraction of sp³-hybridized carbons (Fsp3) is 0.300. The first-order chi connectivity index (χ1) is 7.22. The quantitative estimate of drug-likeness (QED) is 0.775. The number of hydrogen-bond donors (Lipinski definition) is 1. The molecule has 0 atom stereocenters. The Morgan fingerprint density at radius 1 is 1.33 bits per heavy atom. The first-order valence-corrected chi connectivity index (χ1v) is 6.97. The van der Waals surface area contributed by atoms with Crippen molar-refractivity contribution >= 4 is 46.7 Å². The second-order valence-electron chi connectivity index (χ2n) is 3.46. The van der Waals surface area contributed by atoms with Crippen molar-refractivity contribution in [2.45, 2.75) is 4.08 Å². The van der Waals surface area contributed by atoms with Crippen LogP contribution >= 0.6 is 35.1 Å². The second kappa shape index (κ2) is 3.34. The molecule has 2 heterocycles. The van der Waals surface area contributed by atoms with E-state index in [9.17, 15) is 4.79 Å². The van der Waals surface area contributed by atoms with Gasteiger partial charge in [-0.3, -0.25) is 4.79 Å². The number of thioether (sulfide) groups is 2. The van der Waals surface area contributed by atoms with Crippen LogP contribution in [0.1, 0.15) is 5.56 Å². The van der Waals surface area contributed by atoms with Gasteiger partial charge in [0.1, 0.15) is 0 Å². The number of benzene rings is 1. The zero-order chi connectivity index (χ0) is 10.5. The highest BCUT2D eigenvalue weighted by molar-refractivity contribution is 8.21. The van der Waals surface area contributed by atoms with Gasteiger partial charge in [-0.25, -0.2) is 0 Å². The molecule has 1 saturated heterocycles. The molecule has 1 fully saturated rings. The minimum atomic E-state index is -0.430. The lowest BCUT2D eigenvalue weighted by molar-refractivity contribution is -0.116. The zero-order valence-electron chi connectivity index (χ0n) is 7.75. The molecular weight excluding hydrogens is 250 g/mol. The molecule has 0 unspecified atom stereocenters. The van der Waals surface area contributed by atoms with E-state index in [2.05, 4.69) is 5.32 Å². The Hall–Kier alpha value is -0.320. The fourth-order valence-electron chi connectivity index (χ4n) is 1.92. The summed E-state index contributed by atoms with van der Waals surface area (Å²) in [5.41, 5.74) is 1.94. The monoisotopic (exact) mass is 257 g/mol. The van der Waals surface area contributed by atoms with Crippen LogP contribution in [0, 0.1) is 0 Å². The normalized spacial score (nSPS) is 21.8. The number of anilines is 1. The van der Waals surface area contributed by atoms with Gasteiger partial charge in [-0.05, 0) is 18.2 Å². The Labute approximate surface area is 101 Å². The van der Waals surface area contributed by atoms with Crippen molar-refractivity contribution in [3.63, 3.8) is 0 Å². The highest BCUT2D eigenvalue weighted by atomic mass is 35.5. The molecule has 0 radical (unpaired) electrons. The Morgan fingerprint density at radius 3 is 2.80 bits per heavy atom. The second-order valence-corrected chi connectivity index (χ2v) is 6.77. The van der Waals surface area contributed by atoms with Crippen molar-refractivity contribution in [1.29, 1.82) is 0 Å². The van der Waals surface area contributed by atoms with Gasteiger partial charge < -0.3 is 5.32 Å². The summed E-state index contributed by atoms with van der Waals surface area (Å²) >= 11 is 9.38. The van der Waals surface area contributed by atoms with Gasteiger partial charge in [0.05, 0.1) is 0 Å². The van der Waals surface area contributed by atoms with Crippen LogP contribution < -0.4 is 5.32 Å². The number of carbonyl (C=O) groups is 1. The lowest BCUT2D eigenvalue weighted by atomic mass is 10.1. The number of rotatable bonds is 0. The van der Waals surface area contributed by atoms with E-state index in [4.69, 9.17) is 11.6 Å². The molecule has 0 aromatic heterocycles. The average Bonchev–Trinajstić information content (AvgIpc) is 2.78. The molecule has 15 heavy (non-hydrogen) atoms. The van der Waals surface area contributed by atoms with Crippen LogP contribution in [-0.4, -0.2) is 17.4 Å². The molecule has 2 aliphatic rings. The first-order valence-electron chi connectivity index (χ1n) is 4.62. The van der Waals surface area contributed by atoms with Crippen molar-refractivity contribution in [2.24, 2.45) is 0 Å². The van der Waals surface area contributed by atoms with E-state index >= 15 is 0 Å². The number of amides is 1. The predicted octanol–water partition coefficient (Wildman–Crippen LogP) is 2.92. The molecule has 0 bridgehead atoms. The van der Waals surface area contributed by atoms with E-state index in [1.165, 1.54) is 0 Å². The van der Waals surface area contributed by atoms with E-state index in [0.29, 0.717) is 5.02 Å². The fourth-order valence-corrected chi connectivity index (χ4v) is 5.18. The van der Waals surface area contributed by atoms with Gasteiger partial charge in [0.2, 0.25) is 0 Å². The number of halogens is 1. The lowest BCUT2D eigenvalue weighted by Gasteiger charge is -2.18. The van der Waals surface area contributed by atoms with E-state index in [0.717, 1.165) is 22.8 Å². The van der Waals surface area contributed by atoms with Gasteiger partial charge in [-0.1, -0.05) is 11.6 Å². The van der Waals surface area contributed by atoms with E-state index in [1.54, 1.807) is 23.5 Å². The first kappa shape index (κ1) is 9.87. The van der Waals surface area contributed by atoms with Gasteiger partial charge in [0, 0.05) is 27.8 Å². The third-order valence-electron chi connectivity index (χ3n) is 2.58. The molecule has 78 valence electrons. The van der Waals surface area contributed by atoms with Crippen LogP contribution in [0.3, 0.4) is 0 Å². The maximum Gasteiger partial charge on any atom is 0.255 e. The third kappa shape index (κ3) is 1.31. The summed E-state index contributed by atoms with van der Waals surface area (Å²) in [5, 5.41) is 3.61. The van der Waals surface area contributed by atoms with Crippen LogP contribution in [0.15, 0.2) is 18.2 Å². The van der Waals surface area contributed by atoms with Crippen molar-refractivity contribution in [1.82, 2.24) is 0 Å². The minimum absolute atomic E-state index is 0.0901. The summed E-state index contributed by atoms with van der Waals surface area (Å²) in [7, 11) is 0. The maximum absolute atomic E-state index is 12.0. The summed E-state index contributed by atoms with van der Waals surface area (Å²) in [4.78, 5) is 12.0. The third-order valence-corrected chi connectivity index (χ3v) is 6.22. The largest absolute Gasteiger partial charge is 0.323 e. The Bertz CT molecular complexity index is 443. The van der Waals surface area contributed by atoms with E-state index < -0.39 is 4.08 Å². The van der Waals surface area contributed by atoms with Crippen molar-refractivity contribution < 1.29 is 4.79 Å². The number of nitrogens with one attached hydrogen (secondary N) is 1. The van der Waals surface area contributed by atoms with Crippen LogP contribution in [0.5, 0.6) is 0 Å². The number of fused-ring (bicyclic) bond motifs is 2. The molecule has 1 N–H and O–H groups in total. The molecule has 2 aliphatic heterocycles. The zero-order valence-corrected chi connectivity index (χ0v) is 10.1. The standard InChI is InChI=1S/C10H8ClNOS2/c11-6-1-2-8-7(5-6)10(9(13)12-8)14-3-4-15-10/h1-2,5H,3-4H2,(H,12,13). The molecule has 1 aromatic carbocycles. The maximum atomic E-state index is 12.0. The summed E-state index contributed by atoms with van der Waals surface area (Å²) in [6.07, 6.45) is 0. The molecular formula is C10H8ClNOS2. The van der Waals surface area contributed by atoms with Crippen molar-refractivity contribution in [3.8, 4) is 0 Å². The number of carbonyl (C=O) groups excluding carboxylic acids is 1. The Kier molecular flexibility index (Phi) is 2.20. The van der Waals surface area contributed by atoms with Gasteiger partial charge in [0.15, 0.2) is 4.08 Å². The number of hydrogen-bond acceptors (Lipinski definition) is 3.